The Morgan fingerprint density at radius 3 is 2.46 bits per heavy atom. The third-order valence-corrected chi connectivity index (χ3v) is 3.79. The van der Waals surface area contributed by atoms with Crippen molar-refractivity contribution >= 4 is 34.0 Å². The fourth-order valence-corrected chi connectivity index (χ4v) is 2.64. The molecule has 0 aliphatic heterocycles. The summed E-state index contributed by atoms with van der Waals surface area (Å²) in [7, 11) is 1.25. The van der Waals surface area contributed by atoms with Crippen molar-refractivity contribution in [2.45, 2.75) is 0 Å². The summed E-state index contributed by atoms with van der Waals surface area (Å²) in [6, 6.07) is 13.3. The minimum atomic E-state index is -0.605. The maximum Gasteiger partial charge on any atom is 0.338 e. The molecule has 3 rings (SSSR count). The van der Waals surface area contributed by atoms with Crippen molar-refractivity contribution in [2.24, 2.45) is 0 Å². The highest BCUT2D eigenvalue weighted by molar-refractivity contribution is 6.29. The number of aromatic nitrogens is 1. The number of carbonyl (C=O) groups is 1. The summed E-state index contributed by atoms with van der Waals surface area (Å²) in [6.45, 7) is 0. The Morgan fingerprint density at radius 2 is 1.83 bits per heavy atom. The van der Waals surface area contributed by atoms with Crippen molar-refractivity contribution in [1.29, 1.82) is 0 Å². The zero-order valence-electron chi connectivity index (χ0n) is 12.5. The third-order valence-electron chi connectivity index (χ3n) is 3.58. The van der Waals surface area contributed by atoms with Gasteiger partial charge in [-0.25, -0.2) is 9.78 Å². The Morgan fingerprint density at radius 1 is 1.17 bits per heavy atom. The molecule has 0 amide bonds. The van der Waals surface area contributed by atoms with Crippen LogP contribution in [-0.2, 0) is 4.74 Å². The number of hydrogen-bond donors (Lipinski definition) is 0. The smallest absolute Gasteiger partial charge is 0.338 e. The van der Waals surface area contributed by atoms with Crippen LogP contribution in [0.1, 0.15) is 10.4 Å². The maximum atomic E-state index is 12.2. The predicted octanol–water partition coefficient (Wildman–Crippen LogP) is 4.25. The lowest BCUT2D eigenvalue weighted by Gasteiger charge is -2.10. The summed E-state index contributed by atoms with van der Waals surface area (Å²) >= 11 is 5.91. The number of pyridine rings is 1. The van der Waals surface area contributed by atoms with Gasteiger partial charge in [-0.1, -0.05) is 35.9 Å². The van der Waals surface area contributed by atoms with Gasteiger partial charge in [0.1, 0.15) is 5.15 Å². The number of ether oxygens (including phenoxy) is 1. The maximum absolute atomic E-state index is 12.2. The van der Waals surface area contributed by atoms with Gasteiger partial charge in [-0.3, -0.25) is 10.1 Å². The molecule has 0 bridgehead atoms. The highest BCUT2D eigenvalue weighted by atomic mass is 35.5. The number of fused-ring (bicyclic) bond motifs is 1. The zero-order chi connectivity index (χ0) is 17.3. The molecule has 0 aliphatic rings. The van der Waals surface area contributed by atoms with Gasteiger partial charge in [0.2, 0.25) is 0 Å². The molecule has 0 aliphatic carbocycles. The molecule has 0 unspecified atom stereocenters. The van der Waals surface area contributed by atoms with Gasteiger partial charge in [0.05, 0.1) is 17.6 Å². The molecule has 0 spiro atoms. The highest BCUT2D eigenvalue weighted by Crippen LogP contribution is 2.34. The number of esters is 1. The van der Waals surface area contributed by atoms with E-state index in [0.29, 0.717) is 5.56 Å². The third kappa shape index (κ3) is 2.79. The van der Waals surface area contributed by atoms with Gasteiger partial charge in [0.15, 0.2) is 5.69 Å². The topological polar surface area (TPSA) is 82.3 Å². The first-order chi connectivity index (χ1) is 11.5. The molecular formula is C17H11ClN2O4. The van der Waals surface area contributed by atoms with Gasteiger partial charge in [0.25, 0.3) is 5.69 Å². The van der Waals surface area contributed by atoms with Gasteiger partial charge in [-0.05, 0) is 29.0 Å². The first kappa shape index (κ1) is 15.9. The molecule has 0 atom stereocenters. The molecule has 1 aromatic heterocycles. The first-order valence-electron chi connectivity index (χ1n) is 6.93. The van der Waals surface area contributed by atoms with E-state index in [2.05, 4.69) is 4.98 Å². The van der Waals surface area contributed by atoms with Crippen LogP contribution in [0.25, 0.3) is 22.0 Å². The second-order valence-corrected chi connectivity index (χ2v) is 5.38. The molecule has 120 valence electrons. The summed E-state index contributed by atoms with van der Waals surface area (Å²) in [5.74, 6) is -0.605. The quantitative estimate of drug-likeness (QED) is 0.307. The van der Waals surface area contributed by atoms with Crippen LogP contribution in [0.5, 0.6) is 0 Å². The molecule has 6 nitrogen and oxygen atoms in total. The molecule has 3 aromatic rings. The van der Waals surface area contributed by atoms with Crippen LogP contribution in [0.4, 0.5) is 5.69 Å². The standard InChI is InChI=1S/C17H11ClN2O4/c1-24-17(21)13-9-11-5-3-2-4-10(11)8-12(13)16-14(20(22)23)6-7-15(18)19-16/h2-9H,1H3. The number of methoxy groups -OCH3 is 1. The lowest BCUT2D eigenvalue weighted by atomic mass is 9.97. The van der Waals surface area contributed by atoms with Crippen molar-refractivity contribution in [3.63, 3.8) is 0 Å². The van der Waals surface area contributed by atoms with Crippen LogP contribution in [-0.4, -0.2) is 23.0 Å². The number of halogens is 1. The SMILES string of the molecule is COC(=O)c1cc2ccccc2cc1-c1nc(Cl)ccc1[N+](=O)[O-]. The Balaban J connectivity index is 2.38. The Labute approximate surface area is 141 Å². The molecule has 1 heterocycles. The molecule has 0 saturated carbocycles. The Bertz CT molecular complexity index is 972. The Kier molecular flexibility index (Phi) is 4.14. The number of nitrogens with zero attached hydrogens (tertiary/aromatic N) is 2. The van der Waals surface area contributed by atoms with Gasteiger partial charge in [-0.15, -0.1) is 0 Å². The zero-order valence-corrected chi connectivity index (χ0v) is 13.3. The average Bonchev–Trinajstić information content (AvgIpc) is 2.59. The second kappa shape index (κ2) is 6.25. The van der Waals surface area contributed by atoms with Crippen molar-refractivity contribution in [1.82, 2.24) is 4.98 Å². The summed E-state index contributed by atoms with van der Waals surface area (Å²) in [4.78, 5) is 27.0. The van der Waals surface area contributed by atoms with Crippen LogP contribution in [0.15, 0.2) is 48.5 Å². The molecule has 0 saturated heterocycles. The lowest BCUT2D eigenvalue weighted by Crippen LogP contribution is -2.06. The largest absolute Gasteiger partial charge is 0.465 e. The molecule has 0 N–H and O–H groups in total. The van der Waals surface area contributed by atoms with E-state index in [1.54, 1.807) is 12.1 Å². The second-order valence-electron chi connectivity index (χ2n) is 5.00. The van der Waals surface area contributed by atoms with Crippen LogP contribution in [0.2, 0.25) is 5.15 Å². The lowest BCUT2D eigenvalue weighted by molar-refractivity contribution is -0.384. The summed E-state index contributed by atoms with van der Waals surface area (Å²) in [6.07, 6.45) is 0. The van der Waals surface area contributed by atoms with Crippen LogP contribution < -0.4 is 0 Å². The van der Waals surface area contributed by atoms with Crippen molar-refractivity contribution in [3.05, 3.63) is 69.4 Å². The molecular weight excluding hydrogens is 332 g/mol. The Hall–Kier alpha value is -2.99. The van der Waals surface area contributed by atoms with Gasteiger partial charge in [-0.2, -0.15) is 0 Å². The van der Waals surface area contributed by atoms with E-state index >= 15 is 0 Å². The molecule has 0 radical (unpaired) electrons. The molecule has 2 aromatic carbocycles. The fourth-order valence-electron chi connectivity index (χ4n) is 2.49. The number of carbonyl (C=O) groups excluding carboxylic acids is 1. The fraction of sp³-hybridized carbons (Fsp3) is 0.0588. The van der Waals surface area contributed by atoms with Crippen LogP contribution in [0.3, 0.4) is 0 Å². The predicted molar refractivity (Wildman–Crippen MR) is 90.2 cm³/mol. The minimum absolute atomic E-state index is 0.0265. The number of rotatable bonds is 3. The number of hydrogen-bond acceptors (Lipinski definition) is 5. The van der Waals surface area contributed by atoms with E-state index in [1.807, 2.05) is 24.3 Å². The van der Waals surface area contributed by atoms with Gasteiger partial charge in [0, 0.05) is 11.6 Å². The molecule has 7 heteroatoms. The highest BCUT2D eigenvalue weighted by Gasteiger charge is 2.23. The van der Waals surface area contributed by atoms with Crippen LogP contribution >= 0.6 is 11.6 Å². The average molecular weight is 343 g/mol. The van der Waals surface area contributed by atoms with Gasteiger partial charge < -0.3 is 4.74 Å². The first-order valence-corrected chi connectivity index (χ1v) is 7.31. The normalized spacial score (nSPS) is 10.6. The number of benzene rings is 2. The van der Waals surface area contributed by atoms with E-state index in [0.717, 1.165) is 10.8 Å². The van der Waals surface area contributed by atoms with Crippen molar-refractivity contribution in [2.75, 3.05) is 7.11 Å². The van der Waals surface area contributed by atoms with E-state index in [-0.39, 0.29) is 22.1 Å². The van der Waals surface area contributed by atoms with Crippen molar-refractivity contribution < 1.29 is 14.5 Å². The molecule has 24 heavy (non-hydrogen) atoms. The van der Waals surface area contributed by atoms with Gasteiger partial charge >= 0.3 is 5.97 Å². The van der Waals surface area contributed by atoms with E-state index in [1.165, 1.54) is 19.2 Å². The van der Waals surface area contributed by atoms with Crippen LogP contribution in [0, 0.1) is 10.1 Å². The summed E-state index contributed by atoms with van der Waals surface area (Å²) in [5.41, 5.74) is 0.280. The molecule has 0 fully saturated rings. The summed E-state index contributed by atoms with van der Waals surface area (Å²) in [5, 5.41) is 13.1. The number of nitro groups is 1. The monoisotopic (exact) mass is 342 g/mol. The van der Waals surface area contributed by atoms with E-state index in [4.69, 9.17) is 16.3 Å². The van der Waals surface area contributed by atoms with E-state index in [9.17, 15) is 14.9 Å². The minimum Gasteiger partial charge on any atom is -0.465 e. The van der Waals surface area contributed by atoms with E-state index < -0.39 is 10.9 Å². The summed E-state index contributed by atoms with van der Waals surface area (Å²) < 4.78 is 4.81. The van der Waals surface area contributed by atoms with Crippen molar-refractivity contribution in [3.8, 4) is 11.3 Å².